The zero-order chi connectivity index (χ0) is 18.1. The van der Waals surface area contributed by atoms with Gasteiger partial charge in [-0.3, -0.25) is 4.99 Å². The third-order valence-electron chi connectivity index (χ3n) is 4.40. The lowest BCUT2D eigenvalue weighted by atomic mass is 9.85. The van der Waals surface area contributed by atoms with Gasteiger partial charge in [0.15, 0.2) is 5.96 Å². The van der Waals surface area contributed by atoms with Gasteiger partial charge in [0.2, 0.25) is 0 Å². The van der Waals surface area contributed by atoms with Gasteiger partial charge in [-0.1, -0.05) is 37.6 Å². The lowest BCUT2D eigenvalue weighted by Gasteiger charge is -2.27. The van der Waals surface area contributed by atoms with Crippen LogP contribution < -0.4 is 10.6 Å². The van der Waals surface area contributed by atoms with Crippen LogP contribution in [0.2, 0.25) is 5.02 Å². The Labute approximate surface area is 179 Å². The molecule has 1 aromatic rings. The summed E-state index contributed by atoms with van der Waals surface area (Å²) < 4.78 is 11.1. The Morgan fingerprint density at radius 2 is 2.04 bits per heavy atom. The van der Waals surface area contributed by atoms with Crippen molar-refractivity contribution in [3.63, 3.8) is 0 Å². The topological polar surface area (TPSA) is 54.9 Å². The van der Waals surface area contributed by atoms with E-state index in [4.69, 9.17) is 21.1 Å². The molecule has 5 nitrogen and oxygen atoms in total. The second-order valence-corrected chi connectivity index (χ2v) is 7.39. The molecule has 1 saturated heterocycles. The smallest absolute Gasteiger partial charge is 0.191 e. The fourth-order valence-electron chi connectivity index (χ4n) is 2.70. The number of ether oxygens (including phenoxy) is 2. The molecule has 26 heavy (non-hydrogen) atoms. The SMILES string of the molecule is CN=C(NCCCOC1CCOC1)NCC(C)(C)c1ccc(Cl)cc1.I. The molecule has 1 heterocycles. The minimum absolute atomic E-state index is 0. The molecule has 0 radical (unpaired) electrons. The van der Waals surface area contributed by atoms with E-state index < -0.39 is 0 Å². The van der Waals surface area contributed by atoms with Crippen LogP contribution in [-0.2, 0) is 14.9 Å². The largest absolute Gasteiger partial charge is 0.379 e. The van der Waals surface area contributed by atoms with Gasteiger partial charge in [-0.05, 0) is 30.5 Å². The molecule has 2 rings (SSSR count). The predicted octanol–water partition coefficient (Wildman–Crippen LogP) is 3.60. The molecule has 0 aromatic heterocycles. The molecule has 148 valence electrons. The summed E-state index contributed by atoms with van der Waals surface area (Å²) in [5, 5.41) is 7.49. The van der Waals surface area contributed by atoms with Crippen molar-refractivity contribution in [1.29, 1.82) is 0 Å². The lowest BCUT2D eigenvalue weighted by Crippen LogP contribution is -2.43. The van der Waals surface area contributed by atoms with Gasteiger partial charge in [0.25, 0.3) is 0 Å². The van der Waals surface area contributed by atoms with Crippen molar-refractivity contribution in [2.24, 2.45) is 4.99 Å². The van der Waals surface area contributed by atoms with Gasteiger partial charge in [0.1, 0.15) is 0 Å². The van der Waals surface area contributed by atoms with Gasteiger partial charge in [0.05, 0.1) is 12.7 Å². The van der Waals surface area contributed by atoms with Crippen molar-refractivity contribution >= 4 is 41.5 Å². The highest BCUT2D eigenvalue weighted by Gasteiger charge is 2.21. The molecule has 0 bridgehead atoms. The number of aliphatic imine (C=N–C) groups is 1. The number of nitrogens with one attached hydrogen (secondary N) is 2. The Morgan fingerprint density at radius 1 is 1.31 bits per heavy atom. The van der Waals surface area contributed by atoms with E-state index in [0.717, 1.165) is 56.7 Å². The third-order valence-corrected chi connectivity index (χ3v) is 4.65. The Bertz CT molecular complexity index is 546. The Kier molecular flexibility index (Phi) is 10.8. The minimum Gasteiger partial charge on any atom is -0.379 e. The van der Waals surface area contributed by atoms with Crippen LogP contribution in [0, 0.1) is 0 Å². The summed E-state index contributed by atoms with van der Waals surface area (Å²) in [7, 11) is 1.79. The molecule has 0 saturated carbocycles. The molecule has 0 aliphatic carbocycles. The maximum absolute atomic E-state index is 5.97. The fourth-order valence-corrected chi connectivity index (χ4v) is 2.83. The molecular weight excluding hydrogens is 465 g/mol. The average molecular weight is 496 g/mol. The lowest BCUT2D eigenvalue weighted by molar-refractivity contribution is 0.0420. The van der Waals surface area contributed by atoms with Crippen LogP contribution >= 0.6 is 35.6 Å². The zero-order valence-electron chi connectivity index (χ0n) is 15.9. The molecule has 1 aromatic carbocycles. The first-order chi connectivity index (χ1) is 12.0. The number of hydrogen-bond donors (Lipinski definition) is 2. The van der Waals surface area contributed by atoms with E-state index in [1.54, 1.807) is 7.05 Å². The van der Waals surface area contributed by atoms with Crippen molar-refractivity contribution in [3.8, 4) is 0 Å². The van der Waals surface area contributed by atoms with Crippen molar-refractivity contribution in [3.05, 3.63) is 34.9 Å². The van der Waals surface area contributed by atoms with Crippen LogP contribution in [0.3, 0.4) is 0 Å². The van der Waals surface area contributed by atoms with Crippen LogP contribution in [0.1, 0.15) is 32.3 Å². The third kappa shape index (κ3) is 7.98. The van der Waals surface area contributed by atoms with Crippen molar-refractivity contribution in [2.75, 3.05) is 40.0 Å². The van der Waals surface area contributed by atoms with E-state index in [1.165, 1.54) is 5.56 Å². The van der Waals surface area contributed by atoms with Crippen LogP contribution in [-0.4, -0.2) is 52.0 Å². The number of nitrogens with zero attached hydrogens (tertiary/aromatic N) is 1. The summed E-state index contributed by atoms with van der Waals surface area (Å²) in [6, 6.07) is 8.01. The van der Waals surface area contributed by atoms with Gasteiger partial charge >= 0.3 is 0 Å². The summed E-state index contributed by atoms with van der Waals surface area (Å²) in [4.78, 5) is 4.29. The molecular formula is C19H31ClIN3O2. The summed E-state index contributed by atoms with van der Waals surface area (Å²) in [5.74, 6) is 0.811. The molecule has 2 N–H and O–H groups in total. The molecule has 1 atom stereocenters. The van der Waals surface area contributed by atoms with Crippen LogP contribution in [0.5, 0.6) is 0 Å². The quantitative estimate of drug-likeness (QED) is 0.250. The standard InChI is InChI=1S/C19H30ClN3O2.HI/c1-19(2,15-5-7-16(20)8-6-15)14-23-18(21-3)22-10-4-11-25-17-9-12-24-13-17;/h5-8,17H,4,9-14H2,1-3H3,(H2,21,22,23);1H. The number of hydrogen-bond acceptors (Lipinski definition) is 3. The van der Waals surface area contributed by atoms with Gasteiger partial charge in [-0.25, -0.2) is 0 Å². The molecule has 1 fully saturated rings. The minimum atomic E-state index is -0.0200. The Hall–Kier alpha value is -0.570. The van der Waals surface area contributed by atoms with Crippen molar-refractivity contribution in [1.82, 2.24) is 10.6 Å². The highest BCUT2D eigenvalue weighted by atomic mass is 127. The molecule has 1 unspecified atom stereocenters. The summed E-state index contributed by atoms with van der Waals surface area (Å²) in [5.41, 5.74) is 1.22. The second-order valence-electron chi connectivity index (χ2n) is 6.95. The molecule has 7 heteroatoms. The van der Waals surface area contributed by atoms with Crippen molar-refractivity contribution < 1.29 is 9.47 Å². The number of halogens is 2. The van der Waals surface area contributed by atoms with E-state index in [9.17, 15) is 0 Å². The number of rotatable bonds is 8. The highest BCUT2D eigenvalue weighted by Crippen LogP contribution is 2.23. The number of benzene rings is 1. The molecule has 0 amide bonds. The normalized spacial score (nSPS) is 17.7. The average Bonchev–Trinajstić information content (AvgIpc) is 3.11. The van der Waals surface area contributed by atoms with Crippen molar-refractivity contribution in [2.45, 2.75) is 38.2 Å². The van der Waals surface area contributed by atoms with Gasteiger partial charge in [-0.2, -0.15) is 0 Å². The molecule has 1 aliphatic rings. The van der Waals surface area contributed by atoms with E-state index in [1.807, 2.05) is 12.1 Å². The Balaban J connectivity index is 0.00000338. The highest BCUT2D eigenvalue weighted by molar-refractivity contribution is 14.0. The number of guanidine groups is 1. The van der Waals surface area contributed by atoms with E-state index in [0.29, 0.717) is 0 Å². The Morgan fingerprint density at radius 3 is 2.65 bits per heavy atom. The first kappa shape index (κ1) is 23.5. The van der Waals surface area contributed by atoms with Gasteiger partial charge in [0, 0.05) is 43.8 Å². The first-order valence-corrected chi connectivity index (χ1v) is 9.29. The van der Waals surface area contributed by atoms with Gasteiger partial charge < -0.3 is 20.1 Å². The van der Waals surface area contributed by atoms with Gasteiger partial charge in [-0.15, -0.1) is 24.0 Å². The van der Waals surface area contributed by atoms with E-state index in [2.05, 4.69) is 41.6 Å². The first-order valence-electron chi connectivity index (χ1n) is 8.91. The molecule has 1 aliphatic heterocycles. The van der Waals surface area contributed by atoms with Crippen LogP contribution in [0.4, 0.5) is 0 Å². The zero-order valence-corrected chi connectivity index (χ0v) is 19.0. The fraction of sp³-hybridized carbons (Fsp3) is 0.632. The summed E-state index contributed by atoms with van der Waals surface area (Å²) >= 11 is 5.97. The monoisotopic (exact) mass is 495 g/mol. The summed E-state index contributed by atoms with van der Waals surface area (Å²) in [6.45, 7) is 8.31. The van der Waals surface area contributed by atoms with E-state index >= 15 is 0 Å². The summed E-state index contributed by atoms with van der Waals surface area (Å²) in [6.07, 6.45) is 2.23. The maximum Gasteiger partial charge on any atom is 0.191 e. The van der Waals surface area contributed by atoms with E-state index in [-0.39, 0.29) is 35.5 Å². The van der Waals surface area contributed by atoms with Crippen LogP contribution in [0.15, 0.2) is 29.3 Å². The molecule has 0 spiro atoms. The maximum atomic E-state index is 5.97. The predicted molar refractivity (Wildman–Crippen MR) is 119 cm³/mol. The second kappa shape index (κ2) is 12.0. The van der Waals surface area contributed by atoms with Crippen LogP contribution in [0.25, 0.3) is 0 Å².